The summed E-state index contributed by atoms with van der Waals surface area (Å²) in [5.41, 5.74) is 6.69. The SMILES string of the molecule is Nc1cc(NCC(O)c2ccsc2)nc(C2CC2)n1. The summed E-state index contributed by atoms with van der Waals surface area (Å²) in [6.45, 7) is 0.414. The average Bonchev–Trinajstić information content (AvgIpc) is 3.11. The zero-order valence-corrected chi connectivity index (χ0v) is 11.2. The van der Waals surface area contributed by atoms with E-state index >= 15 is 0 Å². The lowest BCUT2D eigenvalue weighted by molar-refractivity contribution is 0.192. The lowest BCUT2D eigenvalue weighted by Gasteiger charge is -2.12. The van der Waals surface area contributed by atoms with Crippen LogP contribution in [0.25, 0.3) is 0 Å². The van der Waals surface area contributed by atoms with Gasteiger partial charge in [-0.05, 0) is 35.2 Å². The molecule has 0 amide bonds. The molecule has 4 N–H and O–H groups in total. The molecule has 0 radical (unpaired) electrons. The third-order valence-electron chi connectivity index (χ3n) is 3.11. The highest BCUT2D eigenvalue weighted by Crippen LogP contribution is 2.38. The highest BCUT2D eigenvalue weighted by Gasteiger charge is 2.27. The molecule has 2 heterocycles. The third kappa shape index (κ3) is 3.02. The number of aromatic nitrogens is 2. The van der Waals surface area contributed by atoms with E-state index in [1.165, 1.54) is 0 Å². The van der Waals surface area contributed by atoms with E-state index in [0.717, 1.165) is 24.2 Å². The lowest BCUT2D eigenvalue weighted by Crippen LogP contribution is -2.13. The maximum absolute atomic E-state index is 10.0. The van der Waals surface area contributed by atoms with Gasteiger partial charge in [-0.2, -0.15) is 11.3 Å². The van der Waals surface area contributed by atoms with Gasteiger partial charge in [0.2, 0.25) is 0 Å². The standard InChI is InChI=1S/C13H16N4OS/c14-11-5-12(17-13(16-11)8-1-2-8)15-6-10(18)9-3-4-19-7-9/h3-5,7-8,10,18H,1-2,6H2,(H3,14,15,16,17). The second kappa shape index (κ2) is 5.14. The minimum Gasteiger partial charge on any atom is -0.387 e. The van der Waals surface area contributed by atoms with Crippen LogP contribution in [0.3, 0.4) is 0 Å². The van der Waals surface area contributed by atoms with Crippen LogP contribution in [0.2, 0.25) is 0 Å². The molecule has 1 unspecified atom stereocenters. The first-order chi connectivity index (χ1) is 9.22. The largest absolute Gasteiger partial charge is 0.387 e. The molecule has 0 aromatic carbocycles. The van der Waals surface area contributed by atoms with Crippen LogP contribution in [0.15, 0.2) is 22.9 Å². The maximum Gasteiger partial charge on any atom is 0.136 e. The molecule has 6 heteroatoms. The molecule has 5 nitrogen and oxygen atoms in total. The maximum atomic E-state index is 10.0. The van der Waals surface area contributed by atoms with E-state index < -0.39 is 6.10 Å². The molecule has 0 spiro atoms. The van der Waals surface area contributed by atoms with Crippen molar-refractivity contribution in [1.29, 1.82) is 0 Å². The summed E-state index contributed by atoms with van der Waals surface area (Å²) in [4.78, 5) is 8.68. The van der Waals surface area contributed by atoms with Crippen molar-refractivity contribution in [1.82, 2.24) is 9.97 Å². The number of rotatable bonds is 5. The van der Waals surface area contributed by atoms with Crippen molar-refractivity contribution in [3.8, 4) is 0 Å². The lowest BCUT2D eigenvalue weighted by atomic mass is 10.2. The fourth-order valence-corrected chi connectivity index (χ4v) is 2.59. The van der Waals surface area contributed by atoms with Crippen LogP contribution in [-0.4, -0.2) is 21.6 Å². The summed E-state index contributed by atoms with van der Waals surface area (Å²) < 4.78 is 0. The molecule has 0 bridgehead atoms. The Morgan fingerprint density at radius 2 is 2.32 bits per heavy atom. The van der Waals surface area contributed by atoms with Gasteiger partial charge in [0.1, 0.15) is 17.5 Å². The van der Waals surface area contributed by atoms with E-state index in [0.29, 0.717) is 24.1 Å². The van der Waals surface area contributed by atoms with Gasteiger partial charge in [-0.1, -0.05) is 0 Å². The normalized spacial score (nSPS) is 16.3. The Morgan fingerprint density at radius 3 is 3.00 bits per heavy atom. The Bertz CT molecular complexity index is 554. The van der Waals surface area contributed by atoms with E-state index in [1.807, 2.05) is 16.8 Å². The van der Waals surface area contributed by atoms with Gasteiger partial charge >= 0.3 is 0 Å². The summed E-state index contributed by atoms with van der Waals surface area (Å²) in [5, 5.41) is 17.0. The van der Waals surface area contributed by atoms with Crippen molar-refractivity contribution in [2.45, 2.75) is 24.9 Å². The first-order valence-corrected chi connectivity index (χ1v) is 7.25. The van der Waals surface area contributed by atoms with Crippen LogP contribution in [0, 0.1) is 0 Å². The number of thiophene rings is 1. The van der Waals surface area contributed by atoms with Crippen molar-refractivity contribution in [3.05, 3.63) is 34.3 Å². The Kier molecular flexibility index (Phi) is 3.35. The van der Waals surface area contributed by atoms with Gasteiger partial charge in [0.05, 0.1) is 6.10 Å². The minimum atomic E-state index is -0.535. The van der Waals surface area contributed by atoms with Gasteiger partial charge < -0.3 is 16.2 Å². The van der Waals surface area contributed by atoms with E-state index in [1.54, 1.807) is 17.4 Å². The molecular formula is C13H16N4OS. The first kappa shape index (κ1) is 12.4. The molecular weight excluding hydrogens is 260 g/mol. The van der Waals surface area contributed by atoms with Gasteiger partial charge in [-0.25, -0.2) is 9.97 Å². The molecule has 3 rings (SSSR count). The molecule has 1 fully saturated rings. The van der Waals surface area contributed by atoms with Crippen molar-refractivity contribution < 1.29 is 5.11 Å². The van der Waals surface area contributed by atoms with Gasteiger partial charge in [0, 0.05) is 18.5 Å². The number of nitrogens with zero attached hydrogens (tertiary/aromatic N) is 2. The number of anilines is 2. The highest BCUT2D eigenvalue weighted by molar-refractivity contribution is 7.07. The number of hydrogen-bond acceptors (Lipinski definition) is 6. The summed E-state index contributed by atoms with van der Waals surface area (Å²) in [6.07, 6.45) is 1.74. The van der Waals surface area contributed by atoms with E-state index in [-0.39, 0.29) is 0 Å². The molecule has 2 aromatic rings. The summed E-state index contributed by atoms with van der Waals surface area (Å²) in [7, 11) is 0. The molecule has 100 valence electrons. The monoisotopic (exact) mass is 276 g/mol. The quantitative estimate of drug-likeness (QED) is 0.779. The Balaban J connectivity index is 1.66. The fraction of sp³-hybridized carbons (Fsp3) is 0.385. The van der Waals surface area contributed by atoms with Crippen LogP contribution in [0.5, 0.6) is 0 Å². The minimum absolute atomic E-state index is 0.414. The Morgan fingerprint density at radius 1 is 1.47 bits per heavy atom. The predicted octanol–water partition coefficient (Wildman–Crippen LogP) is 2.14. The van der Waals surface area contributed by atoms with Crippen LogP contribution < -0.4 is 11.1 Å². The molecule has 1 aliphatic carbocycles. The molecule has 2 aromatic heterocycles. The predicted molar refractivity (Wildman–Crippen MR) is 76.2 cm³/mol. The molecule has 0 saturated heterocycles. The zero-order valence-electron chi connectivity index (χ0n) is 10.4. The van der Waals surface area contributed by atoms with Crippen molar-refractivity contribution >= 4 is 23.0 Å². The van der Waals surface area contributed by atoms with Gasteiger partial charge in [0.15, 0.2) is 0 Å². The number of aliphatic hydroxyl groups excluding tert-OH is 1. The van der Waals surface area contributed by atoms with Gasteiger partial charge in [-0.15, -0.1) is 0 Å². The first-order valence-electron chi connectivity index (χ1n) is 6.31. The number of hydrogen-bond donors (Lipinski definition) is 3. The second-order valence-electron chi connectivity index (χ2n) is 4.76. The molecule has 19 heavy (non-hydrogen) atoms. The van der Waals surface area contributed by atoms with Gasteiger partial charge in [-0.3, -0.25) is 0 Å². The van der Waals surface area contributed by atoms with Crippen LogP contribution in [-0.2, 0) is 0 Å². The van der Waals surface area contributed by atoms with E-state index in [4.69, 9.17) is 5.73 Å². The third-order valence-corrected chi connectivity index (χ3v) is 3.81. The number of aliphatic hydroxyl groups is 1. The van der Waals surface area contributed by atoms with E-state index in [2.05, 4.69) is 15.3 Å². The molecule has 1 aliphatic rings. The van der Waals surface area contributed by atoms with Crippen molar-refractivity contribution in [3.63, 3.8) is 0 Å². The number of nitrogen functional groups attached to an aromatic ring is 1. The Labute approximate surface area is 115 Å². The molecule has 1 atom stereocenters. The van der Waals surface area contributed by atoms with Crippen molar-refractivity contribution in [2.24, 2.45) is 0 Å². The number of nitrogens with two attached hydrogens (primary N) is 1. The Hall–Kier alpha value is -1.66. The average molecular weight is 276 g/mol. The van der Waals surface area contributed by atoms with Gasteiger partial charge in [0.25, 0.3) is 0 Å². The zero-order chi connectivity index (χ0) is 13.2. The van der Waals surface area contributed by atoms with Crippen LogP contribution >= 0.6 is 11.3 Å². The summed E-state index contributed by atoms with van der Waals surface area (Å²) in [6, 6.07) is 3.62. The highest BCUT2D eigenvalue weighted by atomic mass is 32.1. The summed E-state index contributed by atoms with van der Waals surface area (Å²) >= 11 is 1.57. The number of nitrogens with one attached hydrogen (secondary N) is 1. The van der Waals surface area contributed by atoms with Crippen LogP contribution in [0.4, 0.5) is 11.6 Å². The topological polar surface area (TPSA) is 84.1 Å². The smallest absolute Gasteiger partial charge is 0.136 e. The van der Waals surface area contributed by atoms with E-state index in [9.17, 15) is 5.11 Å². The van der Waals surface area contributed by atoms with Crippen molar-refractivity contribution in [2.75, 3.05) is 17.6 Å². The molecule has 0 aliphatic heterocycles. The van der Waals surface area contributed by atoms with Crippen LogP contribution in [0.1, 0.15) is 36.3 Å². The fourth-order valence-electron chi connectivity index (χ4n) is 1.88. The second-order valence-corrected chi connectivity index (χ2v) is 5.54. The summed E-state index contributed by atoms with van der Waals surface area (Å²) in [5.74, 6) is 2.44. The molecule has 1 saturated carbocycles.